The fourth-order valence-corrected chi connectivity index (χ4v) is 3.37. The molecule has 0 atom stereocenters. The van der Waals surface area contributed by atoms with Crippen LogP contribution in [0.15, 0.2) is 29.8 Å². The van der Waals surface area contributed by atoms with E-state index in [1.165, 1.54) is 0 Å². The molecule has 1 fully saturated rings. The van der Waals surface area contributed by atoms with Gasteiger partial charge in [-0.15, -0.1) is 11.3 Å². The fourth-order valence-electron chi connectivity index (χ4n) is 2.50. The molecule has 3 rings (SSSR count). The predicted molar refractivity (Wildman–Crippen MR) is 89.0 cm³/mol. The number of halogens is 1. The van der Waals surface area contributed by atoms with Crippen LogP contribution in [-0.4, -0.2) is 37.0 Å². The molecule has 1 aliphatic rings. The predicted octanol–water partition coefficient (Wildman–Crippen LogP) is 2.41. The van der Waals surface area contributed by atoms with Gasteiger partial charge in [0.2, 0.25) is 0 Å². The number of rotatable bonds is 3. The number of nitrogens with two attached hydrogens (primary N) is 1. The molecule has 5 nitrogen and oxygen atoms in total. The number of hydrogen-bond donors (Lipinski definition) is 2. The topological polar surface area (TPSA) is 69.2 Å². The third-order valence-electron chi connectivity index (χ3n) is 3.56. The summed E-state index contributed by atoms with van der Waals surface area (Å²) in [5.74, 6) is 0.0732. The molecule has 0 amide bonds. The van der Waals surface area contributed by atoms with Crippen molar-refractivity contribution in [1.82, 2.24) is 4.98 Å². The summed E-state index contributed by atoms with van der Waals surface area (Å²) in [5, 5.41) is 11.4. The first kappa shape index (κ1) is 14.2. The van der Waals surface area contributed by atoms with Crippen LogP contribution in [0.1, 0.15) is 5.56 Å². The van der Waals surface area contributed by atoms with Gasteiger partial charge in [-0.25, -0.2) is 4.98 Å². The van der Waals surface area contributed by atoms with Crippen molar-refractivity contribution in [2.45, 2.75) is 0 Å². The molecule has 0 spiro atoms. The summed E-state index contributed by atoms with van der Waals surface area (Å²) in [6.45, 7) is 3.52. The average molecular weight is 322 g/mol. The minimum absolute atomic E-state index is 0.0732. The molecule has 1 aliphatic heterocycles. The molecule has 1 aromatic carbocycles. The number of hydrogen-bond acceptors (Lipinski definition) is 5. The normalized spacial score (nSPS) is 15.3. The highest BCUT2D eigenvalue weighted by Gasteiger charge is 2.21. The van der Waals surface area contributed by atoms with Gasteiger partial charge in [0.1, 0.15) is 5.84 Å². The van der Waals surface area contributed by atoms with Gasteiger partial charge in [0.25, 0.3) is 0 Å². The van der Waals surface area contributed by atoms with Crippen molar-refractivity contribution in [3.05, 3.63) is 40.4 Å². The average Bonchev–Trinajstić information content (AvgIpc) is 3.01. The van der Waals surface area contributed by atoms with Gasteiger partial charge in [-0.1, -0.05) is 11.6 Å². The number of piperazine rings is 1. The summed E-state index contributed by atoms with van der Waals surface area (Å²) in [6.07, 6.45) is 1.83. The van der Waals surface area contributed by atoms with E-state index >= 15 is 0 Å². The zero-order valence-electron chi connectivity index (χ0n) is 11.4. The lowest BCUT2D eigenvalue weighted by Crippen LogP contribution is -2.47. The summed E-state index contributed by atoms with van der Waals surface area (Å²) in [4.78, 5) is 8.85. The first-order valence-electron chi connectivity index (χ1n) is 6.68. The summed E-state index contributed by atoms with van der Waals surface area (Å²) in [5.41, 5.74) is 7.35. The lowest BCUT2D eigenvalue weighted by molar-refractivity contribution is 0.652. The number of benzene rings is 1. The van der Waals surface area contributed by atoms with Gasteiger partial charge in [0.15, 0.2) is 5.13 Å². The smallest absolute Gasteiger partial charge is 0.185 e. The molecule has 0 unspecified atom stereocenters. The van der Waals surface area contributed by atoms with Crippen LogP contribution in [0.5, 0.6) is 0 Å². The van der Waals surface area contributed by atoms with Gasteiger partial charge in [-0.3, -0.25) is 5.41 Å². The number of nitrogen functional groups attached to an aromatic ring is 1. The Morgan fingerprint density at radius 3 is 2.57 bits per heavy atom. The molecule has 21 heavy (non-hydrogen) atoms. The van der Waals surface area contributed by atoms with Gasteiger partial charge in [0.05, 0.1) is 0 Å². The van der Waals surface area contributed by atoms with E-state index < -0.39 is 0 Å². The van der Waals surface area contributed by atoms with Crippen molar-refractivity contribution in [2.75, 3.05) is 36.0 Å². The van der Waals surface area contributed by atoms with Crippen LogP contribution in [0.4, 0.5) is 10.8 Å². The second-order valence-corrected chi connectivity index (χ2v) is 6.17. The largest absolute Gasteiger partial charge is 0.384 e. The monoisotopic (exact) mass is 321 g/mol. The maximum atomic E-state index is 7.71. The minimum atomic E-state index is 0.0732. The van der Waals surface area contributed by atoms with Crippen LogP contribution in [0.2, 0.25) is 5.02 Å². The second kappa shape index (κ2) is 5.91. The van der Waals surface area contributed by atoms with Crippen LogP contribution in [0, 0.1) is 5.41 Å². The Bertz CT molecular complexity index is 635. The van der Waals surface area contributed by atoms with Crippen molar-refractivity contribution in [3.63, 3.8) is 0 Å². The van der Waals surface area contributed by atoms with E-state index in [1.807, 2.05) is 23.7 Å². The van der Waals surface area contributed by atoms with Crippen molar-refractivity contribution in [3.8, 4) is 0 Å². The summed E-state index contributed by atoms with van der Waals surface area (Å²) in [7, 11) is 0. The summed E-state index contributed by atoms with van der Waals surface area (Å²) >= 11 is 7.75. The van der Waals surface area contributed by atoms with E-state index in [1.54, 1.807) is 17.4 Å². The zero-order valence-corrected chi connectivity index (χ0v) is 13.0. The number of nitrogens with one attached hydrogen (secondary N) is 1. The lowest BCUT2D eigenvalue weighted by atomic mass is 10.1. The molecule has 1 aromatic heterocycles. The number of amidine groups is 1. The molecule has 0 saturated carbocycles. The molecule has 2 heterocycles. The minimum Gasteiger partial charge on any atom is -0.384 e. The number of anilines is 2. The zero-order chi connectivity index (χ0) is 14.8. The molecule has 0 bridgehead atoms. The molecule has 1 saturated heterocycles. The number of nitrogens with zero attached hydrogens (tertiary/aromatic N) is 3. The van der Waals surface area contributed by atoms with E-state index in [4.69, 9.17) is 22.7 Å². The van der Waals surface area contributed by atoms with Gasteiger partial charge in [0, 0.05) is 54.0 Å². The second-order valence-electron chi connectivity index (χ2n) is 4.86. The molecule has 3 N–H and O–H groups in total. The van der Waals surface area contributed by atoms with E-state index in [0.717, 1.165) is 42.6 Å². The fraction of sp³-hybridized carbons (Fsp3) is 0.286. The van der Waals surface area contributed by atoms with E-state index in [9.17, 15) is 0 Å². The van der Waals surface area contributed by atoms with Crippen LogP contribution < -0.4 is 15.5 Å². The van der Waals surface area contributed by atoms with E-state index in [-0.39, 0.29) is 5.84 Å². The standard InChI is InChI=1S/C14H16ClN5S/c15-10-1-2-11(13(16)17)12(9-10)19-4-6-20(7-5-19)14-18-3-8-21-14/h1-3,8-9H,4-7H2,(H3,16,17). The highest BCUT2D eigenvalue weighted by atomic mass is 35.5. The molecule has 0 radical (unpaired) electrons. The SMILES string of the molecule is N=C(N)c1ccc(Cl)cc1N1CCN(c2nccs2)CC1. The van der Waals surface area contributed by atoms with Crippen LogP contribution >= 0.6 is 22.9 Å². The number of aromatic nitrogens is 1. The quantitative estimate of drug-likeness (QED) is 0.673. The summed E-state index contributed by atoms with van der Waals surface area (Å²) < 4.78 is 0. The summed E-state index contributed by atoms with van der Waals surface area (Å²) in [6, 6.07) is 5.47. The van der Waals surface area contributed by atoms with E-state index in [0.29, 0.717) is 5.02 Å². The van der Waals surface area contributed by atoms with Gasteiger partial charge >= 0.3 is 0 Å². The molecular formula is C14H16ClN5S. The highest BCUT2D eigenvalue weighted by molar-refractivity contribution is 7.13. The molecular weight excluding hydrogens is 306 g/mol. The van der Waals surface area contributed by atoms with Gasteiger partial charge < -0.3 is 15.5 Å². The Morgan fingerprint density at radius 1 is 1.24 bits per heavy atom. The number of thiazole rings is 1. The molecule has 7 heteroatoms. The Kier molecular flexibility index (Phi) is 3.98. The Hall–Kier alpha value is -1.79. The van der Waals surface area contributed by atoms with Crippen molar-refractivity contribution >= 4 is 39.6 Å². The van der Waals surface area contributed by atoms with Gasteiger partial charge in [-0.2, -0.15) is 0 Å². The highest BCUT2D eigenvalue weighted by Crippen LogP contribution is 2.27. The Morgan fingerprint density at radius 2 is 1.95 bits per heavy atom. The van der Waals surface area contributed by atoms with Crippen molar-refractivity contribution < 1.29 is 0 Å². The van der Waals surface area contributed by atoms with Crippen molar-refractivity contribution in [2.24, 2.45) is 5.73 Å². The maximum absolute atomic E-state index is 7.71. The third kappa shape index (κ3) is 2.96. The third-order valence-corrected chi connectivity index (χ3v) is 4.63. The van der Waals surface area contributed by atoms with Crippen LogP contribution in [0.25, 0.3) is 0 Å². The first-order valence-corrected chi connectivity index (χ1v) is 7.94. The van der Waals surface area contributed by atoms with E-state index in [2.05, 4.69) is 14.8 Å². The van der Waals surface area contributed by atoms with Crippen molar-refractivity contribution in [1.29, 1.82) is 5.41 Å². The Balaban J connectivity index is 1.78. The molecule has 0 aliphatic carbocycles. The van der Waals surface area contributed by atoms with Crippen LogP contribution in [-0.2, 0) is 0 Å². The van der Waals surface area contributed by atoms with Crippen LogP contribution in [0.3, 0.4) is 0 Å². The molecule has 2 aromatic rings. The first-order chi connectivity index (χ1) is 10.1. The molecule has 110 valence electrons. The van der Waals surface area contributed by atoms with Gasteiger partial charge in [-0.05, 0) is 18.2 Å². The lowest BCUT2D eigenvalue weighted by Gasteiger charge is -2.36. The maximum Gasteiger partial charge on any atom is 0.185 e. The Labute approximate surface area is 132 Å².